The number of carbonyl (C=O) groups is 1. The van der Waals surface area contributed by atoms with Crippen LogP contribution in [0.15, 0.2) is 53.5 Å². The van der Waals surface area contributed by atoms with E-state index in [0.29, 0.717) is 18.0 Å². The monoisotopic (exact) mass is 456 g/mol. The fourth-order valence-corrected chi connectivity index (χ4v) is 5.33. The van der Waals surface area contributed by atoms with E-state index in [1.54, 1.807) is 6.20 Å². The highest BCUT2D eigenvalue weighted by molar-refractivity contribution is 6.07. The van der Waals surface area contributed by atoms with E-state index in [9.17, 15) is 9.59 Å². The molecule has 34 heavy (non-hydrogen) atoms. The van der Waals surface area contributed by atoms with E-state index >= 15 is 0 Å². The summed E-state index contributed by atoms with van der Waals surface area (Å²) in [4.78, 5) is 26.5. The van der Waals surface area contributed by atoms with Crippen LogP contribution < -0.4 is 10.9 Å². The average Bonchev–Trinajstić information content (AvgIpc) is 3.14. The summed E-state index contributed by atoms with van der Waals surface area (Å²) in [7, 11) is 0. The van der Waals surface area contributed by atoms with Crippen molar-refractivity contribution in [3.05, 3.63) is 75.7 Å². The number of aryl methyl sites for hydroxylation is 2. The first-order valence-electron chi connectivity index (χ1n) is 12.2. The molecule has 1 amide bonds. The zero-order chi connectivity index (χ0) is 23.8. The number of aromatic nitrogens is 3. The van der Waals surface area contributed by atoms with Crippen molar-refractivity contribution in [2.45, 2.75) is 65.6 Å². The molecule has 1 fully saturated rings. The van der Waals surface area contributed by atoms with E-state index in [-0.39, 0.29) is 24.1 Å². The molecule has 176 valence electrons. The van der Waals surface area contributed by atoms with Gasteiger partial charge in [0.2, 0.25) is 5.91 Å². The second kappa shape index (κ2) is 9.09. The zero-order valence-electron chi connectivity index (χ0n) is 20.2. The molecule has 2 atom stereocenters. The molecule has 0 bridgehead atoms. The van der Waals surface area contributed by atoms with Gasteiger partial charge in [-0.05, 0) is 49.8 Å². The van der Waals surface area contributed by atoms with Crippen LogP contribution in [0.4, 0.5) is 0 Å². The number of hydrogen-bond donors (Lipinski definition) is 1. The van der Waals surface area contributed by atoms with Crippen LogP contribution in [-0.2, 0) is 17.9 Å². The Labute approximate surface area is 199 Å². The Morgan fingerprint density at radius 2 is 1.88 bits per heavy atom. The maximum atomic E-state index is 13.7. The molecule has 4 aromatic rings. The van der Waals surface area contributed by atoms with E-state index in [0.717, 1.165) is 35.6 Å². The minimum absolute atomic E-state index is 0.0665. The Kier molecular flexibility index (Phi) is 5.98. The summed E-state index contributed by atoms with van der Waals surface area (Å²) in [6, 6.07) is 14.6. The predicted octanol–water partition coefficient (Wildman–Crippen LogP) is 4.71. The first kappa shape index (κ1) is 22.4. The Balaban J connectivity index is 1.55. The summed E-state index contributed by atoms with van der Waals surface area (Å²) >= 11 is 0. The second-order valence-electron chi connectivity index (χ2n) is 9.84. The number of carbonyl (C=O) groups excluding carboxylic acids is 1. The molecule has 2 unspecified atom stereocenters. The minimum Gasteiger partial charge on any atom is -0.351 e. The lowest BCUT2D eigenvalue weighted by Gasteiger charge is -2.29. The largest absolute Gasteiger partial charge is 0.351 e. The highest BCUT2D eigenvalue weighted by atomic mass is 16.2. The van der Waals surface area contributed by atoms with Gasteiger partial charge < -0.3 is 9.88 Å². The van der Waals surface area contributed by atoms with Crippen LogP contribution in [0, 0.1) is 19.8 Å². The second-order valence-corrected chi connectivity index (χ2v) is 9.84. The smallest absolute Gasteiger partial charge is 0.291 e. The molecule has 0 spiro atoms. The van der Waals surface area contributed by atoms with E-state index < -0.39 is 0 Å². The number of hydrogen-bond acceptors (Lipinski definition) is 3. The molecule has 2 aromatic heterocycles. The summed E-state index contributed by atoms with van der Waals surface area (Å²) in [6.07, 6.45) is 6.22. The minimum atomic E-state index is -0.231. The maximum Gasteiger partial charge on any atom is 0.291 e. The lowest BCUT2D eigenvalue weighted by Crippen LogP contribution is -2.43. The summed E-state index contributed by atoms with van der Waals surface area (Å²) < 4.78 is 3.39. The molecule has 5 rings (SSSR count). The third kappa shape index (κ3) is 4.13. The lowest BCUT2D eigenvalue weighted by atomic mass is 9.86. The lowest BCUT2D eigenvalue weighted by molar-refractivity contribution is -0.123. The number of nitrogens with zero attached hydrogens (tertiary/aromatic N) is 3. The van der Waals surface area contributed by atoms with Crippen LogP contribution >= 0.6 is 0 Å². The summed E-state index contributed by atoms with van der Waals surface area (Å²) in [5, 5.41) is 9.36. The number of nitrogens with one attached hydrogen (secondary N) is 1. The number of fused-ring (bicyclic) bond motifs is 3. The number of rotatable bonds is 5. The van der Waals surface area contributed by atoms with Gasteiger partial charge in [0.1, 0.15) is 12.1 Å². The van der Waals surface area contributed by atoms with Crippen LogP contribution in [0.3, 0.4) is 0 Å². The third-order valence-corrected chi connectivity index (χ3v) is 7.36. The Morgan fingerprint density at radius 3 is 2.71 bits per heavy atom. The van der Waals surface area contributed by atoms with Crippen molar-refractivity contribution in [3.63, 3.8) is 0 Å². The molecule has 1 saturated carbocycles. The van der Waals surface area contributed by atoms with Crippen LogP contribution in [0.25, 0.3) is 21.8 Å². The Hall–Kier alpha value is -3.41. The van der Waals surface area contributed by atoms with Gasteiger partial charge in [0.25, 0.3) is 5.56 Å². The quantitative estimate of drug-likeness (QED) is 0.473. The molecule has 0 radical (unpaired) electrons. The normalized spacial score (nSPS) is 18.4. The number of para-hydroxylation sites is 1. The molecule has 1 aliphatic carbocycles. The van der Waals surface area contributed by atoms with Crippen molar-refractivity contribution < 1.29 is 4.79 Å². The van der Waals surface area contributed by atoms with Crippen molar-refractivity contribution in [3.8, 4) is 0 Å². The van der Waals surface area contributed by atoms with Gasteiger partial charge in [-0.3, -0.25) is 9.59 Å². The average molecular weight is 457 g/mol. The molecule has 1 N–H and O–H groups in total. The van der Waals surface area contributed by atoms with Crippen LogP contribution in [-0.4, -0.2) is 26.3 Å². The highest BCUT2D eigenvalue weighted by Gasteiger charge is 2.24. The molecule has 0 aliphatic heterocycles. The van der Waals surface area contributed by atoms with Gasteiger partial charge in [-0.25, -0.2) is 4.68 Å². The number of amides is 1. The molecule has 6 nitrogen and oxygen atoms in total. The molecular weight excluding hydrogens is 424 g/mol. The molecule has 6 heteroatoms. The zero-order valence-corrected chi connectivity index (χ0v) is 20.2. The van der Waals surface area contributed by atoms with Gasteiger partial charge in [-0.15, -0.1) is 0 Å². The van der Waals surface area contributed by atoms with Gasteiger partial charge in [0, 0.05) is 28.9 Å². The van der Waals surface area contributed by atoms with Gasteiger partial charge in [0.05, 0.1) is 6.20 Å². The molecule has 1 aliphatic rings. The van der Waals surface area contributed by atoms with E-state index in [1.807, 2.05) is 24.3 Å². The fourth-order valence-electron chi connectivity index (χ4n) is 5.33. The van der Waals surface area contributed by atoms with Crippen LogP contribution in [0.5, 0.6) is 0 Å². The molecule has 0 saturated heterocycles. The Morgan fingerprint density at radius 1 is 1.09 bits per heavy atom. The maximum absolute atomic E-state index is 13.7. The summed E-state index contributed by atoms with van der Waals surface area (Å²) in [5.74, 6) is 0.315. The highest BCUT2D eigenvalue weighted by Crippen LogP contribution is 2.28. The molecular formula is C28H32N4O2. The van der Waals surface area contributed by atoms with Crippen LogP contribution in [0.1, 0.15) is 49.3 Å². The third-order valence-electron chi connectivity index (χ3n) is 7.36. The van der Waals surface area contributed by atoms with Gasteiger partial charge >= 0.3 is 0 Å². The van der Waals surface area contributed by atoms with Gasteiger partial charge in [-0.2, -0.15) is 5.10 Å². The van der Waals surface area contributed by atoms with Crippen molar-refractivity contribution in [1.82, 2.24) is 19.7 Å². The summed E-state index contributed by atoms with van der Waals surface area (Å²) in [5.41, 5.74) is 4.91. The van der Waals surface area contributed by atoms with Gasteiger partial charge in [0.15, 0.2) is 0 Å². The van der Waals surface area contributed by atoms with Crippen molar-refractivity contribution in [1.29, 1.82) is 0 Å². The van der Waals surface area contributed by atoms with Crippen molar-refractivity contribution in [2.75, 3.05) is 0 Å². The standard InChI is InChI=1S/C28H32N4O2/c1-18-12-13-19(2)21(14-18)16-31-25-11-7-5-9-22(25)23-15-29-32(28(34)27(23)31)17-26(33)30-24-10-6-4-8-20(24)3/h5,7,9,11-15,20,24H,4,6,8,10,16-17H2,1-3H3,(H,30,33). The molecule has 2 heterocycles. The first-order valence-corrected chi connectivity index (χ1v) is 12.2. The van der Waals surface area contributed by atoms with E-state index in [1.165, 1.54) is 27.8 Å². The van der Waals surface area contributed by atoms with Crippen molar-refractivity contribution >= 4 is 27.7 Å². The van der Waals surface area contributed by atoms with E-state index in [4.69, 9.17) is 0 Å². The predicted molar refractivity (Wildman–Crippen MR) is 136 cm³/mol. The number of benzene rings is 2. The topological polar surface area (TPSA) is 68.9 Å². The fraction of sp³-hybridized carbons (Fsp3) is 0.393. The van der Waals surface area contributed by atoms with Gasteiger partial charge in [-0.1, -0.05) is 61.7 Å². The van der Waals surface area contributed by atoms with Crippen LogP contribution in [0.2, 0.25) is 0 Å². The molecule has 2 aromatic carbocycles. The first-order chi connectivity index (χ1) is 16.4. The summed E-state index contributed by atoms with van der Waals surface area (Å²) in [6.45, 7) is 6.88. The SMILES string of the molecule is Cc1ccc(C)c(Cn2c3ccccc3c3cnn(CC(=O)NC4CCCCC4C)c(=O)c32)c1. The Bertz CT molecular complexity index is 1430. The van der Waals surface area contributed by atoms with Crippen molar-refractivity contribution in [2.24, 2.45) is 5.92 Å². The van der Waals surface area contributed by atoms with E-state index in [2.05, 4.69) is 54.0 Å².